The third kappa shape index (κ3) is 2.03. The highest BCUT2D eigenvalue weighted by Crippen LogP contribution is 2.27. The number of carbonyl (C=O) groups excluding carboxylic acids is 1. The van der Waals surface area contributed by atoms with Gasteiger partial charge in [0.2, 0.25) is 0 Å². The Kier molecular flexibility index (Phi) is 2.62. The largest absolute Gasteiger partial charge is 0.362 e. The van der Waals surface area contributed by atoms with Crippen LogP contribution < -0.4 is 10.6 Å². The molecular weight excluding hydrogens is 200 g/mol. The number of carbonyl (C=O) groups is 1. The summed E-state index contributed by atoms with van der Waals surface area (Å²) >= 11 is 0. The fourth-order valence-electron chi connectivity index (χ4n) is 2.36. The molecule has 1 aromatic rings. The first-order valence-electron chi connectivity index (χ1n) is 5.70. The van der Waals surface area contributed by atoms with E-state index in [0.29, 0.717) is 5.92 Å². The molecule has 0 fully saturated rings. The van der Waals surface area contributed by atoms with E-state index in [1.165, 1.54) is 0 Å². The Bertz CT molecular complexity index is 414. The average Bonchev–Trinajstić information content (AvgIpc) is 2.15. The third-order valence-corrected chi connectivity index (χ3v) is 2.79. The summed E-state index contributed by atoms with van der Waals surface area (Å²) in [7, 11) is 0. The van der Waals surface area contributed by atoms with Crippen LogP contribution in [-0.2, 0) is 0 Å². The first-order valence-corrected chi connectivity index (χ1v) is 5.70. The van der Waals surface area contributed by atoms with Gasteiger partial charge >= 0.3 is 0 Å². The Morgan fingerprint density at radius 3 is 2.62 bits per heavy atom. The maximum atomic E-state index is 11.9. The second-order valence-corrected chi connectivity index (χ2v) is 5.05. The summed E-state index contributed by atoms with van der Waals surface area (Å²) in [6.45, 7) is 6.33. The summed E-state index contributed by atoms with van der Waals surface area (Å²) in [6, 6.07) is 7.62. The van der Waals surface area contributed by atoms with Gasteiger partial charge in [-0.05, 0) is 31.4 Å². The molecule has 1 atom stereocenters. The van der Waals surface area contributed by atoms with Crippen molar-refractivity contribution in [2.24, 2.45) is 5.92 Å². The Hall–Kier alpha value is -1.51. The van der Waals surface area contributed by atoms with Crippen molar-refractivity contribution in [1.29, 1.82) is 0 Å². The second kappa shape index (κ2) is 3.81. The summed E-state index contributed by atoms with van der Waals surface area (Å²) in [5, 5.41) is 6.43. The van der Waals surface area contributed by atoms with Gasteiger partial charge < -0.3 is 10.6 Å². The zero-order valence-corrected chi connectivity index (χ0v) is 10.0. The molecule has 1 amide bonds. The number of rotatable bonds is 2. The van der Waals surface area contributed by atoms with Crippen LogP contribution in [0.25, 0.3) is 0 Å². The Morgan fingerprint density at radius 1 is 1.25 bits per heavy atom. The van der Waals surface area contributed by atoms with Crippen molar-refractivity contribution in [3.8, 4) is 0 Å². The smallest absolute Gasteiger partial charge is 0.255 e. The van der Waals surface area contributed by atoms with Crippen LogP contribution in [0.2, 0.25) is 0 Å². The molecule has 1 aliphatic heterocycles. The van der Waals surface area contributed by atoms with Gasteiger partial charge in [-0.1, -0.05) is 26.0 Å². The molecule has 0 spiro atoms. The van der Waals surface area contributed by atoms with Gasteiger partial charge in [0.25, 0.3) is 5.91 Å². The Balaban J connectivity index is 2.30. The molecule has 2 N–H and O–H groups in total. The molecule has 0 aromatic heterocycles. The molecule has 3 nitrogen and oxygen atoms in total. The maximum absolute atomic E-state index is 11.9. The molecule has 0 saturated carbocycles. The molecule has 2 rings (SSSR count). The lowest BCUT2D eigenvalue weighted by atomic mass is 9.95. The zero-order valence-electron chi connectivity index (χ0n) is 10.0. The van der Waals surface area contributed by atoms with Crippen LogP contribution in [-0.4, -0.2) is 11.6 Å². The molecule has 16 heavy (non-hydrogen) atoms. The molecule has 1 aromatic carbocycles. The summed E-state index contributed by atoms with van der Waals surface area (Å²) in [6.07, 6.45) is 0.910. The van der Waals surface area contributed by atoms with Gasteiger partial charge in [-0.25, -0.2) is 0 Å². The summed E-state index contributed by atoms with van der Waals surface area (Å²) in [5.41, 5.74) is 1.32. The number of benzene rings is 1. The first-order chi connectivity index (χ1) is 7.50. The van der Waals surface area contributed by atoms with E-state index in [9.17, 15) is 4.79 Å². The van der Waals surface area contributed by atoms with Crippen molar-refractivity contribution >= 4 is 11.6 Å². The van der Waals surface area contributed by atoms with E-state index in [0.717, 1.165) is 17.7 Å². The molecule has 0 radical (unpaired) electrons. The number of nitrogens with one attached hydrogen (secondary N) is 2. The van der Waals surface area contributed by atoms with Crippen molar-refractivity contribution in [3.05, 3.63) is 29.8 Å². The van der Waals surface area contributed by atoms with Crippen LogP contribution in [0.5, 0.6) is 0 Å². The lowest BCUT2D eigenvalue weighted by molar-refractivity contribution is 0.0898. The van der Waals surface area contributed by atoms with Crippen LogP contribution in [0.15, 0.2) is 24.3 Å². The maximum Gasteiger partial charge on any atom is 0.255 e. The predicted molar refractivity (Wildman–Crippen MR) is 65.4 cm³/mol. The number of fused-ring (bicyclic) bond motifs is 1. The SMILES string of the molecule is CC(C)C[C@]1(C)NC(=O)c2ccccc2N1. The van der Waals surface area contributed by atoms with E-state index in [2.05, 4.69) is 24.5 Å². The van der Waals surface area contributed by atoms with Crippen LogP contribution in [0.3, 0.4) is 0 Å². The van der Waals surface area contributed by atoms with Gasteiger partial charge in [0.15, 0.2) is 0 Å². The number of amides is 1. The van der Waals surface area contributed by atoms with Gasteiger partial charge in [0.1, 0.15) is 5.66 Å². The first kappa shape index (κ1) is 11.0. The van der Waals surface area contributed by atoms with E-state index in [1.807, 2.05) is 31.2 Å². The van der Waals surface area contributed by atoms with E-state index >= 15 is 0 Å². The second-order valence-electron chi connectivity index (χ2n) is 5.05. The lowest BCUT2D eigenvalue weighted by Gasteiger charge is -2.38. The van der Waals surface area contributed by atoms with E-state index in [4.69, 9.17) is 0 Å². The number of para-hydroxylation sites is 1. The number of hydrogen-bond acceptors (Lipinski definition) is 2. The van der Waals surface area contributed by atoms with E-state index in [1.54, 1.807) is 0 Å². The van der Waals surface area contributed by atoms with E-state index < -0.39 is 0 Å². The Labute approximate surface area is 96.2 Å². The fourth-order valence-corrected chi connectivity index (χ4v) is 2.36. The number of hydrogen-bond donors (Lipinski definition) is 2. The molecule has 0 saturated heterocycles. The highest BCUT2D eigenvalue weighted by molar-refractivity contribution is 6.02. The summed E-state index contributed by atoms with van der Waals surface area (Å²) < 4.78 is 0. The molecule has 0 unspecified atom stereocenters. The lowest BCUT2D eigenvalue weighted by Crippen LogP contribution is -2.56. The standard InChI is InChI=1S/C13H18N2O/c1-9(2)8-13(3)14-11-7-5-4-6-10(11)12(16)15-13/h4-7,9,14H,8H2,1-3H3,(H,15,16)/t13-/m0/s1. The minimum absolute atomic E-state index is 0.0116. The van der Waals surface area contributed by atoms with Crippen molar-refractivity contribution < 1.29 is 4.79 Å². The van der Waals surface area contributed by atoms with Crippen molar-refractivity contribution in [2.75, 3.05) is 5.32 Å². The average molecular weight is 218 g/mol. The quantitative estimate of drug-likeness (QED) is 0.801. The molecule has 0 bridgehead atoms. The van der Waals surface area contributed by atoms with Crippen molar-refractivity contribution in [2.45, 2.75) is 32.9 Å². The molecule has 3 heteroatoms. The molecule has 0 aliphatic carbocycles. The molecular formula is C13H18N2O. The van der Waals surface area contributed by atoms with Crippen LogP contribution in [0.1, 0.15) is 37.6 Å². The molecule has 1 aliphatic rings. The van der Waals surface area contributed by atoms with Gasteiger partial charge in [-0.15, -0.1) is 0 Å². The predicted octanol–water partition coefficient (Wildman–Crippen LogP) is 2.60. The van der Waals surface area contributed by atoms with Crippen molar-refractivity contribution in [3.63, 3.8) is 0 Å². The van der Waals surface area contributed by atoms with Crippen LogP contribution in [0, 0.1) is 5.92 Å². The minimum Gasteiger partial charge on any atom is -0.362 e. The Morgan fingerprint density at radius 2 is 1.94 bits per heavy atom. The number of anilines is 1. The summed E-state index contributed by atoms with van der Waals surface area (Å²) in [5.74, 6) is 0.542. The monoisotopic (exact) mass is 218 g/mol. The van der Waals surface area contributed by atoms with Crippen molar-refractivity contribution in [1.82, 2.24) is 5.32 Å². The fraction of sp³-hybridized carbons (Fsp3) is 0.462. The molecule has 86 valence electrons. The molecule has 1 heterocycles. The van der Waals surface area contributed by atoms with Crippen LogP contribution in [0.4, 0.5) is 5.69 Å². The van der Waals surface area contributed by atoms with Gasteiger partial charge in [0, 0.05) is 5.69 Å². The normalized spacial score (nSPS) is 23.6. The zero-order chi connectivity index (χ0) is 11.8. The topological polar surface area (TPSA) is 41.1 Å². The summed E-state index contributed by atoms with van der Waals surface area (Å²) in [4.78, 5) is 11.9. The van der Waals surface area contributed by atoms with Gasteiger partial charge in [-0.3, -0.25) is 4.79 Å². The minimum atomic E-state index is -0.334. The highest BCUT2D eigenvalue weighted by atomic mass is 16.2. The van der Waals surface area contributed by atoms with Gasteiger partial charge in [0.05, 0.1) is 5.56 Å². The van der Waals surface area contributed by atoms with Crippen LogP contribution >= 0.6 is 0 Å². The highest BCUT2D eigenvalue weighted by Gasteiger charge is 2.33. The van der Waals surface area contributed by atoms with E-state index in [-0.39, 0.29) is 11.6 Å². The van der Waals surface area contributed by atoms with Gasteiger partial charge in [-0.2, -0.15) is 0 Å². The third-order valence-electron chi connectivity index (χ3n) is 2.79.